The van der Waals surface area contributed by atoms with Crippen LogP contribution >= 0.6 is 11.8 Å². The fourth-order valence-corrected chi connectivity index (χ4v) is 3.33. The number of hydrogen-bond donors (Lipinski definition) is 2. The van der Waals surface area contributed by atoms with E-state index in [9.17, 15) is 4.79 Å². The largest absolute Gasteiger partial charge is 0.411 e. The molecule has 0 saturated heterocycles. The summed E-state index contributed by atoms with van der Waals surface area (Å²) < 4.78 is 0. The van der Waals surface area contributed by atoms with Gasteiger partial charge in [-0.05, 0) is 24.8 Å². The predicted molar refractivity (Wildman–Crippen MR) is 95.8 cm³/mol. The molecule has 3 rings (SSSR count). The van der Waals surface area contributed by atoms with Crippen LogP contribution in [0.4, 0.5) is 0 Å². The number of rotatable bonds is 3. The number of para-hydroxylation sites is 1. The van der Waals surface area contributed by atoms with Gasteiger partial charge in [-0.15, -0.1) is 11.8 Å². The van der Waals surface area contributed by atoms with Crippen LogP contribution in [0.2, 0.25) is 0 Å². The zero-order chi connectivity index (χ0) is 16.4. The summed E-state index contributed by atoms with van der Waals surface area (Å²) in [6.45, 7) is 1.62. The van der Waals surface area contributed by atoms with Gasteiger partial charge >= 0.3 is 0 Å². The van der Waals surface area contributed by atoms with E-state index in [2.05, 4.69) is 10.1 Å². The van der Waals surface area contributed by atoms with Crippen molar-refractivity contribution in [3.8, 4) is 11.1 Å². The predicted octanol–water partition coefficient (Wildman–Crippen LogP) is 4.12. The molecule has 0 aliphatic carbocycles. The summed E-state index contributed by atoms with van der Waals surface area (Å²) in [5.41, 5.74) is 3.40. The summed E-state index contributed by atoms with van der Waals surface area (Å²) >= 11 is 1.42. The van der Waals surface area contributed by atoms with Crippen molar-refractivity contribution in [2.75, 3.05) is 6.26 Å². The molecule has 0 aliphatic heterocycles. The van der Waals surface area contributed by atoms with Crippen molar-refractivity contribution in [3.05, 3.63) is 64.3 Å². The number of nitrogens with one attached hydrogen (secondary N) is 1. The lowest BCUT2D eigenvalue weighted by atomic mass is 10.0. The quantitative estimate of drug-likeness (QED) is 0.330. The second kappa shape index (κ2) is 6.30. The molecular formula is C18H16N2O2S. The number of fused-ring (bicyclic) bond motifs is 1. The lowest BCUT2D eigenvalue weighted by Crippen LogP contribution is -2.17. The van der Waals surface area contributed by atoms with Crippen molar-refractivity contribution in [1.29, 1.82) is 0 Å². The number of pyridine rings is 1. The minimum Gasteiger partial charge on any atom is -0.411 e. The van der Waals surface area contributed by atoms with Gasteiger partial charge in [-0.1, -0.05) is 47.6 Å². The van der Waals surface area contributed by atoms with E-state index in [1.54, 1.807) is 13.0 Å². The number of H-pyrrole nitrogens is 1. The number of hydrogen-bond acceptors (Lipinski definition) is 4. The van der Waals surface area contributed by atoms with Gasteiger partial charge in [-0.3, -0.25) is 4.79 Å². The third kappa shape index (κ3) is 2.64. The smallest absolute Gasteiger partial charge is 0.199 e. The molecule has 4 nitrogen and oxygen atoms in total. The maximum Gasteiger partial charge on any atom is 0.199 e. The molecule has 0 unspecified atom stereocenters. The van der Waals surface area contributed by atoms with Crippen molar-refractivity contribution >= 4 is 28.4 Å². The molecule has 5 heteroatoms. The highest BCUT2D eigenvalue weighted by atomic mass is 32.2. The molecule has 0 aliphatic rings. The van der Waals surface area contributed by atoms with Crippen LogP contribution in [0.1, 0.15) is 12.5 Å². The average molecular weight is 324 g/mol. The second-order valence-corrected chi connectivity index (χ2v) is 5.96. The van der Waals surface area contributed by atoms with E-state index >= 15 is 0 Å². The van der Waals surface area contributed by atoms with Crippen molar-refractivity contribution < 1.29 is 5.21 Å². The van der Waals surface area contributed by atoms with E-state index in [-0.39, 0.29) is 5.43 Å². The molecule has 0 amide bonds. The zero-order valence-electron chi connectivity index (χ0n) is 12.8. The summed E-state index contributed by atoms with van der Waals surface area (Å²) in [4.78, 5) is 16.2. The van der Waals surface area contributed by atoms with E-state index in [1.807, 2.05) is 48.7 Å². The molecular weight excluding hydrogens is 308 g/mol. The lowest BCUT2D eigenvalue weighted by Gasteiger charge is -2.12. The van der Waals surface area contributed by atoms with Crippen LogP contribution in [0.3, 0.4) is 0 Å². The maximum atomic E-state index is 12.9. The minimum absolute atomic E-state index is 0.129. The third-order valence-electron chi connectivity index (χ3n) is 3.80. The summed E-state index contributed by atoms with van der Waals surface area (Å²) in [7, 11) is 0. The van der Waals surface area contributed by atoms with Gasteiger partial charge in [0.25, 0.3) is 0 Å². The molecule has 23 heavy (non-hydrogen) atoms. The lowest BCUT2D eigenvalue weighted by molar-refractivity contribution is 0.319. The highest BCUT2D eigenvalue weighted by molar-refractivity contribution is 7.98. The summed E-state index contributed by atoms with van der Waals surface area (Å²) in [5, 5.41) is 13.5. The maximum absolute atomic E-state index is 12.9. The van der Waals surface area contributed by atoms with Crippen molar-refractivity contribution in [3.63, 3.8) is 0 Å². The second-order valence-electron chi connectivity index (χ2n) is 5.14. The van der Waals surface area contributed by atoms with Gasteiger partial charge in [0.2, 0.25) is 0 Å². The van der Waals surface area contributed by atoms with Crippen LogP contribution in [-0.2, 0) is 0 Å². The van der Waals surface area contributed by atoms with Crippen LogP contribution in [-0.4, -0.2) is 22.2 Å². The Labute approximate surface area is 137 Å². The number of thioether (sulfide) groups is 1. The molecule has 2 N–H and O–H groups in total. The van der Waals surface area contributed by atoms with Gasteiger partial charge in [0.05, 0.1) is 21.8 Å². The van der Waals surface area contributed by atoms with Gasteiger partial charge in [0, 0.05) is 10.9 Å². The average Bonchev–Trinajstić information content (AvgIpc) is 2.61. The van der Waals surface area contributed by atoms with Crippen LogP contribution in [0.5, 0.6) is 0 Å². The summed E-state index contributed by atoms with van der Waals surface area (Å²) in [5.74, 6) is 0. The van der Waals surface area contributed by atoms with Gasteiger partial charge in [0.1, 0.15) is 0 Å². The third-order valence-corrected chi connectivity index (χ3v) is 4.52. The first kappa shape index (κ1) is 15.4. The number of oxime groups is 1. The molecule has 0 spiro atoms. The fraction of sp³-hybridized carbons (Fsp3) is 0.111. The Hall–Kier alpha value is -2.53. The molecule has 2 aromatic carbocycles. The molecule has 0 atom stereocenters. The molecule has 1 heterocycles. The Morgan fingerprint density at radius 1 is 1.13 bits per heavy atom. The normalized spacial score (nSPS) is 11.8. The molecule has 0 bridgehead atoms. The molecule has 1 aromatic heterocycles. The minimum atomic E-state index is -0.129. The van der Waals surface area contributed by atoms with E-state index in [4.69, 9.17) is 5.21 Å². The SMILES string of the molecule is CSc1[nH]c2c(-c3ccccc3)cccc2c(=O)c1/C(C)=N/O. The van der Waals surface area contributed by atoms with Crippen molar-refractivity contribution in [1.82, 2.24) is 4.98 Å². The summed E-state index contributed by atoms with van der Waals surface area (Å²) in [6, 6.07) is 15.6. The monoisotopic (exact) mass is 324 g/mol. The number of aromatic nitrogens is 1. The molecule has 0 radical (unpaired) electrons. The molecule has 3 aromatic rings. The Bertz CT molecular complexity index is 946. The van der Waals surface area contributed by atoms with Gasteiger partial charge in [-0.2, -0.15) is 0 Å². The zero-order valence-corrected chi connectivity index (χ0v) is 13.6. The highest BCUT2D eigenvalue weighted by Gasteiger charge is 2.16. The van der Waals surface area contributed by atoms with E-state index in [0.29, 0.717) is 21.7 Å². The van der Waals surface area contributed by atoms with Gasteiger partial charge < -0.3 is 10.2 Å². The molecule has 0 fully saturated rings. The number of benzene rings is 2. The summed E-state index contributed by atoms with van der Waals surface area (Å²) in [6.07, 6.45) is 1.89. The Morgan fingerprint density at radius 2 is 1.87 bits per heavy atom. The van der Waals surface area contributed by atoms with Crippen LogP contribution < -0.4 is 5.43 Å². The number of aromatic amines is 1. The Morgan fingerprint density at radius 3 is 2.52 bits per heavy atom. The Balaban J connectivity index is 2.41. The van der Waals surface area contributed by atoms with Crippen LogP contribution in [0, 0.1) is 0 Å². The fourth-order valence-electron chi connectivity index (χ4n) is 2.68. The first-order chi connectivity index (χ1) is 11.2. The molecule has 116 valence electrons. The van der Waals surface area contributed by atoms with Crippen molar-refractivity contribution in [2.45, 2.75) is 11.9 Å². The van der Waals surface area contributed by atoms with Gasteiger partial charge in [0.15, 0.2) is 5.43 Å². The van der Waals surface area contributed by atoms with E-state index in [0.717, 1.165) is 16.6 Å². The standard InChI is InChI=1S/C18H16N2O2S/c1-11(20-22)15-17(21)14-10-6-9-13(12-7-4-3-5-8-12)16(14)19-18(15)23-2/h3-10,22H,1-2H3,(H,19,21)/b20-11+. The van der Waals surface area contributed by atoms with Gasteiger partial charge in [-0.25, -0.2) is 0 Å². The van der Waals surface area contributed by atoms with E-state index in [1.165, 1.54) is 11.8 Å². The van der Waals surface area contributed by atoms with Crippen LogP contribution in [0.25, 0.3) is 22.0 Å². The van der Waals surface area contributed by atoms with Crippen molar-refractivity contribution in [2.24, 2.45) is 5.16 Å². The first-order valence-electron chi connectivity index (χ1n) is 7.14. The van der Waals surface area contributed by atoms with E-state index < -0.39 is 0 Å². The number of nitrogens with zero attached hydrogens (tertiary/aromatic N) is 1. The Kier molecular flexibility index (Phi) is 4.21. The van der Waals surface area contributed by atoms with Crippen LogP contribution in [0.15, 0.2) is 63.5 Å². The highest BCUT2D eigenvalue weighted by Crippen LogP contribution is 2.28. The topological polar surface area (TPSA) is 65.5 Å². The first-order valence-corrected chi connectivity index (χ1v) is 8.37. The molecule has 0 saturated carbocycles.